The van der Waals surface area contributed by atoms with Crippen molar-refractivity contribution in [3.05, 3.63) is 0 Å². The molecule has 2 aliphatic heterocycles. The molecule has 0 aliphatic carbocycles. The van der Waals surface area contributed by atoms with Gasteiger partial charge < -0.3 is 15.0 Å². The van der Waals surface area contributed by atoms with Gasteiger partial charge in [-0.2, -0.15) is 0 Å². The van der Waals surface area contributed by atoms with Gasteiger partial charge in [-0.25, -0.2) is 14.7 Å². The molecule has 0 unspecified atom stereocenters. The molecule has 2 saturated heterocycles. The van der Waals surface area contributed by atoms with E-state index in [9.17, 15) is 24.4 Å². The van der Waals surface area contributed by atoms with Crippen molar-refractivity contribution in [1.29, 1.82) is 0 Å². The van der Waals surface area contributed by atoms with Crippen LogP contribution in [0.25, 0.3) is 0 Å². The number of hydroxylamine groups is 2. The van der Waals surface area contributed by atoms with Crippen LogP contribution in [0, 0.1) is 0 Å². The molecule has 2 heterocycles. The Kier molecular flexibility index (Phi) is 5.90. The summed E-state index contributed by atoms with van der Waals surface area (Å²) in [6.45, 7) is 5.50. The Morgan fingerprint density at radius 2 is 1.92 bits per heavy atom. The maximum Gasteiger partial charge on any atom is 0.407 e. The van der Waals surface area contributed by atoms with Crippen LogP contribution in [0.15, 0.2) is 0 Å². The molecule has 5 amide bonds. The van der Waals surface area contributed by atoms with Gasteiger partial charge in [-0.3, -0.25) is 25.6 Å². The molecule has 0 spiro atoms. The number of fused-ring (bicyclic) bond motifs is 2. The number of urea groups is 1. The van der Waals surface area contributed by atoms with Crippen molar-refractivity contribution in [2.24, 2.45) is 0 Å². The smallest absolute Gasteiger partial charge is 0.407 e. The molecule has 2 rings (SSSR count). The van der Waals surface area contributed by atoms with E-state index in [2.05, 4.69) is 16.2 Å². The van der Waals surface area contributed by atoms with Crippen molar-refractivity contribution in [2.75, 3.05) is 13.1 Å². The number of alkyl carbamates (subject to hydrolysis) is 1. The Morgan fingerprint density at radius 1 is 1.23 bits per heavy atom. The van der Waals surface area contributed by atoms with E-state index in [0.717, 1.165) is 0 Å². The third-order valence-corrected chi connectivity index (χ3v) is 3.99. The van der Waals surface area contributed by atoms with Crippen molar-refractivity contribution < 1.29 is 29.1 Å². The Balaban J connectivity index is 1.68. The van der Waals surface area contributed by atoms with Crippen LogP contribution in [0.1, 0.15) is 40.0 Å². The number of ether oxygens (including phenoxy) is 1. The summed E-state index contributed by atoms with van der Waals surface area (Å²) in [6, 6.07) is -1.64. The molecule has 146 valence electrons. The Hall–Kier alpha value is -2.56. The number of nitrogens with one attached hydrogen (secondary N) is 3. The van der Waals surface area contributed by atoms with Crippen LogP contribution < -0.4 is 16.2 Å². The van der Waals surface area contributed by atoms with Crippen LogP contribution >= 0.6 is 0 Å². The van der Waals surface area contributed by atoms with Gasteiger partial charge in [-0.15, -0.1) is 0 Å². The van der Waals surface area contributed by atoms with Crippen LogP contribution in [0.3, 0.4) is 0 Å². The molecule has 0 radical (unpaired) electrons. The number of hydrogen-bond donors (Lipinski definition) is 4. The molecule has 26 heavy (non-hydrogen) atoms. The molecular weight excluding hydrogens is 346 g/mol. The first-order chi connectivity index (χ1) is 12.1. The highest BCUT2D eigenvalue weighted by atomic mass is 16.6. The molecule has 2 bridgehead atoms. The van der Waals surface area contributed by atoms with Crippen LogP contribution in [0.5, 0.6) is 0 Å². The SMILES string of the molecule is CC(C)(C)OC(=O)NCCC(=O)NNC(=O)[C@@H]1CC[C@@H]2CN1C(=O)N2O. The third-order valence-electron chi connectivity index (χ3n) is 3.99. The minimum atomic E-state index is -0.740. The van der Waals surface area contributed by atoms with Crippen molar-refractivity contribution >= 4 is 23.9 Å². The molecule has 2 fully saturated rings. The van der Waals surface area contributed by atoms with Gasteiger partial charge in [-0.05, 0) is 33.6 Å². The largest absolute Gasteiger partial charge is 0.444 e. The molecule has 0 aromatic carbocycles. The maximum absolute atomic E-state index is 12.2. The molecular formula is C15H25N5O6. The Morgan fingerprint density at radius 3 is 2.58 bits per heavy atom. The summed E-state index contributed by atoms with van der Waals surface area (Å²) < 4.78 is 5.03. The van der Waals surface area contributed by atoms with Gasteiger partial charge in [0.2, 0.25) is 5.91 Å². The zero-order chi connectivity index (χ0) is 19.5. The first-order valence-electron chi connectivity index (χ1n) is 8.43. The standard InChI is InChI=1S/C15H25N5O6/c1-15(2,3)26-13(23)16-7-6-11(21)17-18-12(22)10-5-4-9-8-19(10)14(24)20(9)25/h9-10,25H,4-8H2,1-3H3,(H,16,23)(H,17,21)(H,18,22)/t9-,10+/m1/s1. The van der Waals surface area contributed by atoms with E-state index in [1.165, 1.54) is 4.90 Å². The van der Waals surface area contributed by atoms with Gasteiger partial charge in [0.05, 0.1) is 6.04 Å². The predicted molar refractivity (Wildman–Crippen MR) is 87.7 cm³/mol. The molecule has 0 aromatic heterocycles. The molecule has 4 N–H and O–H groups in total. The number of hydrogen-bond acceptors (Lipinski definition) is 6. The molecule has 11 heteroatoms. The normalized spacial score (nSPS) is 22.1. The number of amides is 5. The highest BCUT2D eigenvalue weighted by molar-refractivity contribution is 5.90. The van der Waals surface area contributed by atoms with Crippen LogP contribution in [0.4, 0.5) is 9.59 Å². The third kappa shape index (κ3) is 4.97. The Bertz CT molecular complexity index is 590. The number of carbonyl (C=O) groups is 4. The summed E-state index contributed by atoms with van der Waals surface area (Å²) in [5.74, 6) is -1.03. The van der Waals surface area contributed by atoms with Crippen LogP contribution in [-0.2, 0) is 14.3 Å². The van der Waals surface area contributed by atoms with Crippen molar-refractivity contribution in [3.8, 4) is 0 Å². The first kappa shape index (κ1) is 19.8. The van der Waals surface area contributed by atoms with Gasteiger partial charge in [0.25, 0.3) is 5.91 Å². The van der Waals surface area contributed by atoms with Gasteiger partial charge >= 0.3 is 12.1 Å². The summed E-state index contributed by atoms with van der Waals surface area (Å²) in [6.07, 6.45) is 0.214. The lowest BCUT2D eigenvalue weighted by atomic mass is 10.0. The summed E-state index contributed by atoms with van der Waals surface area (Å²) in [7, 11) is 0. The van der Waals surface area contributed by atoms with Crippen molar-refractivity contribution in [3.63, 3.8) is 0 Å². The van der Waals surface area contributed by atoms with E-state index in [-0.39, 0.29) is 25.6 Å². The van der Waals surface area contributed by atoms with Crippen LogP contribution in [0.2, 0.25) is 0 Å². The molecule has 2 atom stereocenters. The number of rotatable bonds is 4. The van der Waals surface area contributed by atoms with Gasteiger partial charge in [0, 0.05) is 19.5 Å². The zero-order valence-corrected chi connectivity index (χ0v) is 15.1. The minimum absolute atomic E-state index is 0.0474. The average Bonchev–Trinajstić information content (AvgIpc) is 2.75. The van der Waals surface area contributed by atoms with E-state index in [4.69, 9.17) is 4.74 Å². The fourth-order valence-electron chi connectivity index (χ4n) is 2.79. The maximum atomic E-state index is 12.2. The second-order valence-corrected chi connectivity index (χ2v) is 7.24. The fourth-order valence-corrected chi connectivity index (χ4v) is 2.79. The van der Waals surface area contributed by atoms with Crippen LogP contribution in [-0.4, -0.2) is 69.9 Å². The first-order valence-corrected chi connectivity index (χ1v) is 8.43. The van der Waals surface area contributed by atoms with Gasteiger partial charge in [0.1, 0.15) is 11.6 Å². The summed E-state index contributed by atoms with van der Waals surface area (Å²) in [4.78, 5) is 48.4. The van der Waals surface area contributed by atoms with E-state index in [0.29, 0.717) is 17.9 Å². The Labute approximate surface area is 150 Å². The highest BCUT2D eigenvalue weighted by Crippen LogP contribution is 2.28. The second kappa shape index (κ2) is 7.77. The lowest BCUT2D eigenvalue weighted by Crippen LogP contribution is -2.54. The molecule has 0 saturated carbocycles. The zero-order valence-electron chi connectivity index (χ0n) is 15.1. The average molecular weight is 371 g/mol. The van der Waals surface area contributed by atoms with E-state index >= 15 is 0 Å². The van der Waals surface area contributed by atoms with E-state index < -0.39 is 35.6 Å². The number of carbonyl (C=O) groups excluding carboxylic acids is 4. The van der Waals surface area contributed by atoms with Crippen molar-refractivity contribution in [1.82, 2.24) is 26.1 Å². The fraction of sp³-hybridized carbons (Fsp3) is 0.733. The lowest BCUT2D eigenvalue weighted by Gasteiger charge is -2.29. The van der Waals surface area contributed by atoms with E-state index in [1.807, 2.05) is 0 Å². The molecule has 0 aromatic rings. The molecule has 2 aliphatic rings. The lowest BCUT2D eigenvalue weighted by molar-refractivity contribution is -0.131. The summed E-state index contributed by atoms with van der Waals surface area (Å²) >= 11 is 0. The topological polar surface area (TPSA) is 140 Å². The van der Waals surface area contributed by atoms with Gasteiger partial charge in [0.15, 0.2) is 0 Å². The number of hydrazine groups is 1. The predicted octanol–water partition coefficient (Wildman–Crippen LogP) is -0.294. The molecule has 11 nitrogen and oxygen atoms in total. The second-order valence-electron chi connectivity index (χ2n) is 7.24. The number of piperidine rings is 1. The quantitative estimate of drug-likeness (QED) is 0.395. The number of nitrogens with zero attached hydrogens (tertiary/aromatic N) is 2. The van der Waals surface area contributed by atoms with Crippen molar-refractivity contribution in [2.45, 2.75) is 57.7 Å². The monoisotopic (exact) mass is 371 g/mol. The minimum Gasteiger partial charge on any atom is -0.444 e. The van der Waals surface area contributed by atoms with Gasteiger partial charge in [-0.1, -0.05) is 0 Å². The highest BCUT2D eigenvalue weighted by Gasteiger charge is 2.46. The van der Waals surface area contributed by atoms with E-state index in [1.54, 1.807) is 20.8 Å². The summed E-state index contributed by atoms with van der Waals surface area (Å²) in [5, 5.41) is 12.7. The summed E-state index contributed by atoms with van der Waals surface area (Å²) in [5.41, 5.74) is 3.88.